The Hall–Kier alpha value is -1.27. The van der Waals surface area contributed by atoms with Crippen LogP contribution in [0.4, 0.5) is 0 Å². The van der Waals surface area contributed by atoms with Gasteiger partial charge in [-0.15, -0.1) is 11.3 Å². The molecule has 1 unspecified atom stereocenters. The molecule has 0 aromatic carbocycles. The second-order valence-corrected chi connectivity index (χ2v) is 4.48. The molecule has 1 heterocycles. The summed E-state index contributed by atoms with van der Waals surface area (Å²) in [5.41, 5.74) is -0.157. The quantitative estimate of drug-likeness (QED) is 0.795. The van der Waals surface area contributed by atoms with Crippen molar-refractivity contribution in [2.75, 3.05) is 7.11 Å². The number of ketones is 1. The highest BCUT2D eigenvalue weighted by atomic mass is 32.1. The van der Waals surface area contributed by atoms with Crippen molar-refractivity contribution in [3.63, 3.8) is 0 Å². The van der Waals surface area contributed by atoms with Crippen LogP contribution in [0, 0.1) is 0 Å². The lowest BCUT2D eigenvalue weighted by Gasteiger charge is -2.05. The lowest BCUT2D eigenvalue weighted by molar-refractivity contribution is 0.0686. The molecule has 6 heteroatoms. The highest BCUT2D eigenvalue weighted by Crippen LogP contribution is 2.21. The molecular weight excluding hydrogens is 230 g/mol. The van der Waals surface area contributed by atoms with Crippen LogP contribution in [0.5, 0.6) is 0 Å². The smallest absolute Gasteiger partial charge is 0.356 e. The molecular formula is C10H13NO4S. The van der Waals surface area contributed by atoms with Crippen molar-refractivity contribution in [2.45, 2.75) is 26.4 Å². The summed E-state index contributed by atoms with van der Waals surface area (Å²) in [5, 5.41) is 9.49. The molecule has 0 spiro atoms. The van der Waals surface area contributed by atoms with Gasteiger partial charge in [0.1, 0.15) is 4.88 Å². The fraction of sp³-hybridized carbons (Fsp3) is 0.500. The highest BCUT2D eigenvalue weighted by molar-refractivity contribution is 7.14. The first-order valence-corrected chi connectivity index (χ1v) is 5.54. The van der Waals surface area contributed by atoms with Crippen molar-refractivity contribution in [1.29, 1.82) is 0 Å². The number of carbonyl (C=O) groups is 2. The monoisotopic (exact) mass is 243 g/mol. The predicted octanol–water partition coefficient (Wildman–Crippen LogP) is 1.62. The zero-order chi connectivity index (χ0) is 12.3. The molecule has 5 nitrogen and oxygen atoms in total. The maximum Gasteiger partial charge on any atom is 0.356 e. The van der Waals surface area contributed by atoms with Crippen molar-refractivity contribution < 1.29 is 19.4 Å². The second kappa shape index (κ2) is 5.18. The van der Waals surface area contributed by atoms with E-state index >= 15 is 0 Å². The average molecular weight is 243 g/mol. The number of carbonyl (C=O) groups excluding carboxylic acids is 1. The van der Waals surface area contributed by atoms with E-state index in [1.807, 2.05) is 6.92 Å². The Kier molecular flexibility index (Phi) is 4.14. The van der Waals surface area contributed by atoms with Crippen LogP contribution in [-0.2, 0) is 11.2 Å². The first-order chi connectivity index (χ1) is 7.45. The van der Waals surface area contributed by atoms with Crippen LogP contribution in [0.15, 0.2) is 0 Å². The summed E-state index contributed by atoms with van der Waals surface area (Å²) in [6.07, 6.45) is 0.460. The molecule has 88 valence electrons. The Morgan fingerprint density at radius 3 is 2.56 bits per heavy atom. The van der Waals surface area contributed by atoms with Gasteiger partial charge in [-0.2, -0.15) is 0 Å². The highest BCUT2D eigenvalue weighted by Gasteiger charge is 2.21. The standard InChI is InChI=1S/C10H13NO4S/c1-5(15-3)4-7-11-8(10(13)14)9(16-7)6(2)12/h5H,4H2,1-3H3,(H,13,14). The van der Waals surface area contributed by atoms with Crippen molar-refractivity contribution in [3.05, 3.63) is 15.6 Å². The summed E-state index contributed by atoms with van der Waals surface area (Å²) in [4.78, 5) is 26.2. The van der Waals surface area contributed by atoms with Crippen LogP contribution >= 0.6 is 11.3 Å². The molecule has 16 heavy (non-hydrogen) atoms. The van der Waals surface area contributed by atoms with Gasteiger partial charge in [0, 0.05) is 20.5 Å². The number of Topliss-reactive ketones (excluding diaryl/α,β-unsaturated/α-hetero) is 1. The Morgan fingerprint density at radius 2 is 2.19 bits per heavy atom. The van der Waals surface area contributed by atoms with Crippen LogP contribution in [0.3, 0.4) is 0 Å². The van der Waals surface area contributed by atoms with E-state index in [1.54, 1.807) is 7.11 Å². The lowest BCUT2D eigenvalue weighted by Crippen LogP contribution is -2.08. The Bertz CT molecular complexity index is 381. The summed E-state index contributed by atoms with van der Waals surface area (Å²) in [6.45, 7) is 3.19. The predicted molar refractivity (Wildman–Crippen MR) is 59.3 cm³/mol. The van der Waals surface area contributed by atoms with E-state index in [9.17, 15) is 9.59 Å². The number of rotatable bonds is 5. The van der Waals surface area contributed by atoms with Gasteiger partial charge in [0.05, 0.1) is 11.1 Å². The summed E-state index contributed by atoms with van der Waals surface area (Å²) in [5.74, 6) is -1.44. The summed E-state index contributed by atoms with van der Waals surface area (Å²) in [7, 11) is 1.57. The fourth-order valence-corrected chi connectivity index (χ4v) is 2.23. The van der Waals surface area contributed by atoms with Gasteiger partial charge in [-0.05, 0) is 6.92 Å². The number of ether oxygens (including phenoxy) is 1. The van der Waals surface area contributed by atoms with Gasteiger partial charge in [-0.25, -0.2) is 9.78 Å². The number of carboxylic acid groups (broad SMARTS) is 1. The first kappa shape index (κ1) is 12.8. The summed E-state index contributed by atoms with van der Waals surface area (Å²) < 4.78 is 5.06. The summed E-state index contributed by atoms with van der Waals surface area (Å²) >= 11 is 1.12. The van der Waals surface area contributed by atoms with E-state index in [0.29, 0.717) is 11.4 Å². The van der Waals surface area contributed by atoms with E-state index in [0.717, 1.165) is 11.3 Å². The molecule has 1 aromatic heterocycles. The van der Waals surface area contributed by atoms with E-state index in [1.165, 1.54) is 6.92 Å². The number of carboxylic acids is 1. The maximum atomic E-state index is 11.2. The van der Waals surface area contributed by atoms with Crippen LogP contribution in [-0.4, -0.2) is 35.1 Å². The zero-order valence-corrected chi connectivity index (χ0v) is 10.1. The third-order valence-corrected chi connectivity index (χ3v) is 3.24. The summed E-state index contributed by atoms with van der Waals surface area (Å²) in [6, 6.07) is 0. The first-order valence-electron chi connectivity index (χ1n) is 4.72. The average Bonchev–Trinajstić information content (AvgIpc) is 2.61. The molecule has 0 saturated carbocycles. The van der Waals surface area contributed by atoms with Gasteiger partial charge in [-0.1, -0.05) is 0 Å². The van der Waals surface area contributed by atoms with E-state index in [-0.39, 0.29) is 22.5 Å². The third-order valence-electron chi connectivity index (χ3n) is 2.06. The number of thiazole rings is 1. The molecule has 0 saturated heterocycles. The number of aromatic nitrogens is 1. The van der Waals surface area contributed by atoms with Gasteiger partial charge in [0.15, 0.2) is 11.5 Å². The molecule has 0 aliphatic carbocycles. The van der Waals surface area contributed by atoms with Crippen molar-refractivity contribution in [2.24, 2.45) is 0 Å². The molecule has 0 aliphatic rings. The lowest BCUT2D eigenvalue weighted by atomic mass is 10.3. The van der Waals surface area contributed by atoms with Gasteiger partial charge in [-0.3, -0.25) is 4.79 Å². The molecule has 0 radical (unpaired) electrons. The zero-order valence-electron chi connectivity index (χ0n) is 9.31. The molecule has 0 fully saturated rings. The van der Waals surface area contributed by atoms with Crippen LogP contribution in [0.25, 0.3) is 0 Å². The third kappa shape index (κ3) is 2.86. The van der Waals surface area contributed by atoms with Crippen LogP contribution < -0.4 is 0 Å². The Morgan fingerprint density at radius 1 is 1.56 bits per heavy atom. The SMILES string of the molecule is COC(C)Cc1nc(C(=O)O)c(C(C)=O)s1. The van der Waals surface area contributed by atoms with E-state index in [2.05, 4.69) is 4.98 Å². The van der Waals surface area contributed by atoms with E-state index in [4.69, 9.17) is 9.84 Å². The van der Waals surface area contributed by atoms with Gasteiger partial charge < -0.3 is 9.84 Å². The maximum absolute atomic E-state index is 11.2. The van der Waals surface area contributed by atoms with Crippen LogP contribution in [0.1, 0.15) is 39.0 Å². The molecule has 0 aliphatic heterocycles. The fourth-order valence-electron chi connectivity index (χ4n) is 1.16. The molecule has 1 atom stereocenters. The molecule has 0 amide bonds. The topological polar surface area (TPSA) is 76.5 Å². The minimum Gasteiger partial charge on any atom is -0.476 e. The Balaban J connectivity index is 3.02. The number of hydrogen-bond acceptors (Lipinski definition) is 5. The molecule has 1 rings (SSSR count). The van der Waals surface area contributed by atoms with E-state index < -0.39 is 5.97 Å². The van der Waals surface area contributed by atoms with Crippen LogP contribution in [0.2, 0.25) is 0 Å². The second-order valence-electron chi connectivity index (χ2n) is 3.40. The Labute approximate surface area is 97.1 Å². The van der Waals surface area contributed by atoms with Crippen molar-refractivity contribution in [3.8, 4) is 0 Å². The minimum absolute atomic E-state index is 0.0485. The van der Waals surface area contributed by atoms with Gasteiger partial charge >= 0.3 is 5.97 Å². The largest absolute Gasteiger partial charge is 0.476 e. The van der Waals surface area contributed by atoms with Crippen molar-refractivity contribution >= 4 is 23.1 Å². The number of methoxy groups -OCH3 is 1. The number of hydrogen-bond donors (Lipinski definition) is 1. The number of nitrogens with zero attached hydrogens (tertiary/aromatic N) is 1. The molecule has 1 N–H and O–H groups in total. The van der Waals surface area contributed by atoms with Gasteiger partial charge in [0.2, 0.25) is 0 Å². The number of aromatic carboxylic acids is 1. The minimum atomic E-state index is -1.17. The molecule has 1 aromatic rings. The van der Waals surface area contributed by atoms with Gasteiger partial charge in [0.25, 0.3) is 0 Å². The normalized spacial score (nSPS) is 12.4. The van der Waals surface area contributed by atoms with Crippen molar-refractivity contribution in [1.82, 2.24) is 4.98 Å². The molecule has 0 bridgehead atoms.